The molecule has 0 spiro atoms. The highest BCUT2D eigenvalue weighted by Crippen LogP contribution is 2.12. The molecule has 0 aliphatic carbocycles. The summed E-state index contributed by atoms with van der Waals surface area (Å²) in [5, 5.41) is 3.67. The van der Waals surface area contributed by atoms with Crippen molar-refractivity contribution in [3.05, 3.63) is 0 Å². The minimum atomic E-state index is 0.620. The molecule has 0 amide bonds. The zero-order chi connectivity index (χ0) is 13.4. The molecule has 2 heteroatoms. The van der Waals surface area contributed by atoms with E-state index in [1.54, 1.807) is 0 Å². The largest absolute Gasteiger partial charge is 0.312 e. The average Bonchev–Trinajstić information content (AvgIpc) is 2.22. The van der Waals surface area contributed by atoms with Crippen LogP contribution >= 0.6 is 0 Å². The Bertz CT molecular complexity index is 178. The van der Waals surface area contributed by atoms with Crippen LogP contribution in [0, 0.1) is 11.8 Å². The Morgan fingerprint density at radius 1 is 1.06 bits per heavy atom. The van der Waals surface area contributed by atoms with Crippen molar-refractivity contribution in [3.8, 4) is 0 Å². The van der Waals surface area contributed by atoms with E-state index >= 15 is 0 Å². The number of hydrogen-bond acceptors (Lipinski definition) is 2. The minimum absolute atomic E-state index is 0.620. The second-order valence-electron chi connectivity index (χ2n) is 6.22. The zero-order valence-electron chi connectivity index (χ0n) is 13.1. The van der Waals surface area contributed by atoms with E-state index in [1.165, 1.54) is 12.8 Å². The Morgan fingerprint density at radius 3 is 2.06 bits per heavy atom. The van der Waals surface area contributed by atoms with Crippen LogP contribution in [0.1, 0.15) is 54.4 Å². The van der Waals surface area contributed by atoms with Gasteiger partial charge in [-0.1, -0.05) is 34.6 Å². The predicted molar refractivity (Wildman–Crippen MR) is 78.5 cm³/mol. The maximum Gasteiger partial charge on any atom is 0.0217 e. The Morgan fingerprint density at radius 2 is 1.65 bits per heavy atom. The molecule has 2 atom stereocenters. The molecule has 0 rings (SSSR count). The molecule has 0 heterocycles. The summed E-state index contributed by atoms with van der Waals surface area (Å²) in [7, 11) is 2.26. The van der Waals surface area contributed by atoms with Gasteiger partial charge in [-0.25, -0.2) is 0 Å². The van der Waals surface area contributed by atoms with Gasteiger partial charge in [-0.05, 0) is 45.2 Å². The van der Waals surface area contributed by atoms with Gasteiger partial charge in [0.1, 0.15) is 0 Å². The van der Waals surface area contributed by atoms with Crippen LogP contribution < -0.4 is 5.32 Å². The monoisotopic (exact) mass is 242 g/mol. The van der Waals surface area contributed by atoms with Crippen molar-refractivity contribution < 1.29 is 0 Å². The van der Waals surface area contributed by atoms with Gasteiger partial charge in [0.05, 0.1) is 0 Å². The highest BCUT2D eigenvalue weighted by molar-refractivity contribution is 4.76. The maximum atomic E-state index is 3.67. The van der Waals surface area contributed by atoms with Gasteiger partial charge in [-0.2, -0.15) is 0 Å². The molecule has 0 radical (unpaired) electrons. The lowest BCUT2D eigenvalue weighted by molar-refractivity contribution is 0.188. The lowest BCUT2D eigenvalue weighted by Crippen LogP contribution is -2.46. The van der Waals surface area contributed by atoms with E-state index in [1.807, 2.05) is 0 Å². The van der Waals surface area contributed by atoms with Crippen LogP contribution in [0.5, 0.6) is 0 Å². The van der Waals surface area contributed by atoms with Gasteiger partial charge in [0.15, 0.2) is 0 Å². The third-order valence-electron chi connectivity index (χ3n) is 3.51. The van der Waals surface area contributed by atoms with Crippen molar-refractivity contribution in [2.75, 3.05) is 20.1 Å². The summed E-state index contributed by atoms with van der Waals surface area (Å²) >= 11 is 0. The number of nitrogens with one attached hydrogen (secondary N) is 1. The normalized spacial score (nSPS) is 15.9. The molecule has 0 fully saturated rings. The van der Waals surface area contributed by atoms with Gasteiger partial charge < -0.3 is 10.2 Å². The highest BCUT2D eigenvalue weighted by Gasteiger charge is 2.18. The molecule has 0 aromatic rings. The SMILES string of the molecule is CCCNC(CN(C)C(C)CC(C)C)C(C)C. The Kier molecular flexibility index (Phi) is 8.89. The van der Waals surface area contributed by atoms with E-state index in [9.17, 15) is 0 Å². The first-order chi connectivity index (χ1) is 7.88. The van der Waals surface area contributed by atoms with Crippen molar-refractivity contribution >= 4 is 0 Å². The maximum absolute atomic E-state index is 3.67. The van der Waals surface area contributed by atoms with Crippen molar-refractivity contribution in [2.24, 2.45) is 11.8 Å². The number of nitrogens with zero attached hydrogens (tertiary/aromatic N) is 1. The van der Waals surface area contributed by atoms with E-state index in [2.05, 4.69) is 58.8 Å². The standard InChI is InChI=1S/C15H34N2/c1-8-9-16-15(13(4)5)11-17(7)14(6)10-12(2)3/h12-16H,8-11H2,1-7H3. The molecule has 2 unspecified atom stereocenters. The average molecular weight is 242 g/mol. The van der Waals surface area contributed by atoms with Crippen LogP contribution in [0.4, 0.5) is 0 Å². The molecule has 2 nitrogen and oxygen atoms in total. The molecule has 0 aromatic heterocycles. The molecule has 0 aromatic carbocycles. The van der Waals surface area contributed by atoms with E-state index in [0.29, 0.717) is 18.0 Å². The summed E-state index contributed by atoms with van der Waals surface area (Å²) in [6, 6.07) is 1.30. The quantitative estimate of drug-likeness (QED) is 0.667. The molecule has 104 valence electrons. The second kappa shape index (κ2) is 8.93. The van der Waals surface area contributed by atoms with Gasteiger partial charge in [0, 0.05) is 18.6 Å². The summed E-state index contributed by atoms with van der Waals surface area (Å²) in [5.74, 6) is 1.49. The Balaban J connectivity index is 4.14. The topological polar surface area (TPSA) is 15.3 Å². The fourth-order valence-corrected chi connectivity index (χ4v) is 2.19. The Hall–Kier alpha value is -0.0800. The minimum Gasteiger partial charge on any atom is -0.312 e. The molecule has 17 heavy (non-hydrogen) atoms. The number of likely N-dealkylation sites (N-methyl/N-ethyl adjacent to an activating group) is 1. The molecule has 0 saturated carbocycles. The van der Waals surface area contributed by atoms with Crippen LogP contribution in [0.15, 0.2) is 0 Å². The summed E-state index contributed by atoms with van der Waals surface area (Å²) < 4.78 is 0. The van der Waals surface area contributed by atoms with E-state index in [4.69, 9.17) is 0 Å². The first-order valence-corrected chi connectivity index (χ1v) is 7.32. The van der Waals surface area contributed by atoms with Gasteiger partial charge in [0.25, 0.3) is 0 Å². The van der Waals surface area contributed by atoms with E-state index < -0.39 is 0 Å². The van der Waals surface area contributed by atoms with Crippen LogP contribution in [0.3, 0.4) is 0 Å². The van der Waals surface area contributed by atoms with Gasteiger partial charge in [-0.15, -0.1) is 0 Å². The predicted octanol–water partition coefficient (Wildman–Crippen LogP) is 3.38. The summed E-state index contributed by atoms with van der Waals surface area (Å²) in [6.07, 6.45) is 2.50. The second-order valence-corrected chi connectivity index (χ2v) is 6.22. The number of hydrogen-bond donors (Lipinski definition) is 1. The van der Waals surface area contributed by atoms with Crippen LogP contribution in [-0.4, -0.2) is 37.1 Å². The number of rotatable bonds is 9. The van der Waals surface area contributed by atoms with Crippen molar-refractivity contribution in [1.29, 1.82) is 0 Å². The Labute approximate surface area is 109 Å². The third kappa shape index (κ3) is 7.77. The fourth-order valence-electron chi connectivity index (χ4n) is 2.19. The molecular weight excluding hydrogens is 208 g/mol. The van der Waals surface area contributed by atoms with E-state index in [-0.39, 0.29) is 0 Å². The fraction of sp³-hybridized carbons (Fsp3) is 1.00. The van der Waals surface area contributed by atoms with Crippen molar-refractivity contribution in [3.63, 3.8) is 0 Å². The molecule has 1 N–H and O–H groups in total. The third-order valence-corrected chi connectivity index (χ3v) is 3.51. The zero-order valence-corrected chi connectivity index (χ0v) is 13.1. The first kappa shape index (κ1) is 16.9. The highest BCUT2D eigenvalue weighted by atomic mass is 15.1. The van der Waals surface area contributed by atoms with Crippen LogP contribution in [0.2, 0.25) is 0 Å². The summed E-state index contributed by atoms with van der Waals surface area (Å²) in [6.45, 7) is 16.1. The first-order valence-electron chi connectivity index (χ1n) is 7.32. The molecule has 0 bridgehead atoms. The van der Waals surface area contributed by atoms with Crippen molar-refractivity contribution in [1.82, 2.24) is 10.2 Å². The summed E-state index contributed by atoms with van der Waals surface area (Å²) in [4.78, 5) is 2.51. The summed E-state index contributed by atoms with van der Waals surface area (Å²) in [5.41, 5.74) is 0. The molecule has 0 aliphatic heterocycles. The van der Waals surface area contributed by atoms with Crippen LogP contribution in [-0.2, 0) is 0 Å². The van der Waals surface area contributed by atoms with Gasteiger partial charge in [0.2, 0.25) is 0 Å². The van der Waals surface area contributed by atoms with Gasteiger partial charge >= 0.3 is 0 Å². The molecule has 0 saturated heterocycles. The van der Waals surface area contributed by atoms with Crippen LogP contribution in [0.25, 0.3) is 0 Å². The van der Waals surface area contributed by atoms with E-state index in [0.717, 1.165) is 19.0 Å². The molecular formula is C15H34N2. The van der Waals surface area contributed by atoms with Crippen molar-refractivity contribution in [2.45, 2.75) is 66.5 Å². The van der Waals surface area contributed by atoms with Gasteiger partial charge in [-0.3, -0.25) is 0 Å². The smallest absolute Gasteiger partial charge is 0.0217 e. The lowest BCUT2D eigenvalue weighted by atomic mass is 10.0. The molecule has 0 aliphatic rings. The lowest BCUT2D eigenvalue weighted by Gasteiger charge is -2.32.